The zero-order valence-corrected chi connectivity index (χ0v) is 13.6. The highest BCUT2D eigenvalue weighted by atomic mass is 35.5. The van der Waals surface area contributed by atoms with Crippen LogP contribution in [0.15, 0.2) is 54.6 Å². The molecule has 116 valence electrons. The minimum absolute atomic E-state index is 0.183. The maximum Gasteiger partial charge on any atom is 0.163 e. The molecule has 2 rings (SSSR count). The molecular formula is C19H21ClO2. The number of ketones is 1. The number of carbonyl (C=O) groups is 1. The van der Waals surface area contributed by atoms with E-state index in [-0.39, 0.29) is 11.7 Å². The number of halogens is 1. The van der Waals surface area contributed by atoms with E-state index in [4.69, 9.17) is 16.3 Å². The molecule has 0 saturated heterocycles. The molecule has 0 fully saturated rings. The first kappa shape index (κ1) is 16.7. The molecule has 0 spiro atoms. The number of benzene rings is 2. The van der Waals surface area contributed by atoms with Gasteiger partial charge in [-0.25, -0.2) is 0 Å². The molecule has 0 aliphatic rings. The van der Waals surface area contributed by atoms with E-state index < -0.39 is 0 Å². The van der Waals surface area contributed by atoms with Gasteiger partial charge < -0.3 is 4.74 Å². The predicted molar refractivity (Wildman–Crippen MR) is 90.3 cm³/mol. The molecule has 2 nitrogen and oxygen atoms in total. The Morgan fingerprint density at radius 3 is 2.41 bits per heavy atom. The lowest BCUT2D eigenvalue weighted by molar-refractivity contribution is 0.0731. The molecule has 0 N–H and O–H groups in total. The largest absolute Gasteiger partial charge is 0.376 e. The second-order valence-electron chi connectivity index (χ2n) is 5.41. The summed E-state index contributed by atoms with van der Waals surface area (Å²) in [7, 11) is 0. The van der Waals surface area contributed by atoms with Crippen LogP contribution in [-0.2, 0) is 11.3 Å². The molecule has 0 aliphatic carbocycles. The van der Waals surface area contributed by atoms with Gasteiger partial charge in [0.1, 0.15) is 0 Å². The van der Waals surface area contributed by atoms with Gasteiger partial charge in [0.15, 0.2) is 5.78 Å². The molecule has 0 aromatic heterocycles. The Balaban J connectivity index is 1.79. The lowest BCUT2D eigenvalue weighted by atomic mass is 9.97. The molecule has 2 aromatic carbocycles. The van der Waals surface area contributed by atoms with Crippen molar-refractivity contribution in [2.45, 2.75) is 26.4 Å². The molecule has 1 unspecified atom stereocenters. The van der Waals surface area contributed by atoms with Crippen molar-refractivity contribution in [2.24, 2.45) is 5.92 Å². The van der Waals surface area contributed by atoms with Crippen molar-refractivity contribution in [3.8, 4) is 0 Å². The fourth-order valence-electron chi connectivity index (χ4n) is 2.25. The normalized spacial score (nSPS) is 12.1. The van der Waals surface area contributed by atoms with E-state index in [0.717, 1.165) is 22.6 Å². The molecule has 0 bridgehead atoms. The van der Waals surface area contributed by atoms with Crippen LogP contribution in [0, 0.1) is 5.92 Å². The SMILES string of the molecule is CCC(COCc1ccc(Cl)cc1)CC(=O)c1ccccc1. The summed E-state index contributed by atoms with van der Waals surface area (Å²) in [5, 5.41) is 0.726. The van der Waals surface area contributed by atoms with E-state index in [9.17, 15) is 4.79 Å². The summed E-state index contributed by atoms with van der Waals surface area (Å²) in [6.45, 7) is 3.24. The van der Waals surface area contributed by atoms with Crippen molar-refractivity contribution in [2.75, 3.05) is 6.61 Å². The van der Waals surface area contributed by atoms with Gasteiger partial charge in [-0.3, -0.25) is 4.79 Å². The van der Waals surface area contributed by atoms with Crippen LogP contribution in [0.4, 0.5) is 0 Å². The zero-order chi connectivity index (χ0) is 15.8. The smallest absolute Gasteiger partial charge is 0.163 e. The molecule has 0 aliphatic heterocycles. The highest BCUT2D eigenvalue weighted by Crippen LogP contribution is 2.15. The van der Waals surface area contributed by atoms with E-state index in [0.29, 0.717) is 19.6 Å². The minimum atomic E-state index is 0.183. The number of ether oxygens (including phenoxy) is 1. The van der Waals surface area contributed by atoms with Crippen molar-refractivity contribution in [1.29, 1.82) is 0 Å². The number of hydrogen-bond donors (Lipinski definition) is 0. The Morgan fingerprint density at radius 2 is 1.77 bits per heavy atom. The molecule has 1 atom stereocenters. The third-order valence-corrected chi connectivity index (χ3v) is 3.93. The monoisotopic (exact) mass is 316 g/mol. The fraction of sp³-hybridized carbons (Fsp3) is 0.316. The summed E-state index contributed by atoms with van der Waals surface area (Å²) >= 11 is 5.86. The Kier molecular flexibility index (Phi) is 6.63. The third-order valence-electron chi connectivity index (χ3n) is 3.68. The van der Waals surface area contributed by atoms with Crippen LogP contribution in [0.3, 0.4) is 0 Å². The molecule has 2 aromatic rings. The van der Waals surface area contributed by atoms with Crippen LogP contribution < -0.4 is 0 Å². The summed E-state index contributed by atoms with van der Waals surface area (Å²) in [6, 6.07) is 17.1. The Morgan fingerprint density at radius 1 is 1.09 bits per heavy atom. The summed E-state index contributed by atoms with van der Waals surface area (Å²) in [5.41, 5.74) is 1.87. The Bertz CT molecular complexity index is 578. The fourth-order valence-corrected chi connectivity index (χ4v) is 2.38. The summed E-state index contributed by atoms with van der Waals surface area (Å²) in [5.74, 6) is 0.433. The molecule has 3 heteroatoms. The van der Waals surface area contributed by atoms with E-state index in [1.54, 1.807) is 0 Å². The van der Waals surface area contributed by atoms with Gasteiger partial charge in [0, 0.05) is 17.0 Å². The maximum absolute atomic E-state index is 12.2. The van der Waals surface area contributed by atoms with Gasteiger partial charge >= 0.3 is 0 Å². The van der Waals surface area contributed by atoms with Crippen LogP contribution >= 0.6 is 11.6 Å². The van der Waals surface area contributed by atoms with Crippen molar-refractivity contribution in [3.63, 3.8) is 0 Å². The van der Waals surface area contributed by atoms with E-state index in [1.807, 2.05) is 54.6 Å². The number of hydrogen-bond acceptors (Lipinski definition) is 2. The lowest BCUT2D eigenvalue weighted by Crippen LogP contribution is -2.14. The number of rotatable bonds is 8. The quantitative estimate of drug-likeness (QED) is 0.629. The van der Waals surface area contributed by atoms with Gasteiger partial charge in [0.25, 0.3) is 0 Å². The zero-order valence-electron chi connectivity index (χ0n) is 12.8. The van der Waals surface area contributed by atoms with Crippen LogP contribution in [0.1, 0.15) is 35.7 Å². The molecule has 0 amide bonds. The van der Waals surface area contributed by atoms with Crippen LogP contribution in [-0.4, -0.2) is 12.4 Å². The Hall–Kier alpha value is -1.64. The third kappa shape index (κ3) is 5.28. The van der Waals surface area contributed by atoms with Gasteiger partial charge in [0.05, 0.1) is 13.2 Å². The molecule has 22 heavy (non-hydrogen) atoms. The maximum atomic E-state index is 12.2. The van der Waals surface area contributed by atoms with E-state index in [2.05, 4.69) is 6.92 Å². The second-order valence-corrected chi connectivity index (χ2v) is 5.85. The van der Waals surface area contributed by atoms with Crippen LogP contribution in [0.25, 0.3) is 0 Å². The number of Topliss-reactive ketones (excluding diaryl/α,β-unsaturated/α-hetero) is 1. The molecule has 0 heterocycles. The van der Waals surface area contributed by atoms with Crippen LogP contribution in [0.5, 0.6) is 0 Å². The highest BCUT2D eigenvalue weighted by Gasteiger charge is 2.14. The standard InChI is InChI=1S/C19H21ClO2/c1-2-15(12-19(21)17-6-4-3-5-7-17)13-22-14-16-8-10-18(20)11-9-16/h3-11,15H,2,12-14H2,1H3. The summed E-state index contributed by atoms with van der Waals surface area (Å²) in [6.07, 6.45) is 1.46. The van der Waals surface area contributed by atoms with Gasteiger partial charge in [-0.1, -0.05) is 67.4 Å². The first-order valence-corrected chi connectivity index (χ1v) is 7.97. The first-order chi connectivity index (χ1) is 10.7. The predicted octanol–water partition coefficient (Wildman–Crippen LogP) is 5.16. The Labute approximate surface area is 137 Å². The van der Waals surface area contributed by atoms with Gasteiger partial charge in [0.2, 0.25) is 0 Å². The average Bonchev–Trinajstić information content (AvgIpc) is 2.56. The van der Waals surface area contributed by atoms with Crippen molar-refractivity contribution in [1.82, 2.24) is 0 Å². The van der Waals surface area contributed by atoms with Crippen LogP contribution in [0.2, 0.25) is 5.02 Å². The highest BCUT2D eigenvalue weighted by molar-refractivity contribution is 6.30. The summed E-state index contributed by atoms with van der Waals surface area (Å²) < 4.78 is 5.75. The molecular weight excluding hydrogens is 296 g/mol. The van der Waals surface area contributed by atoms with Crippen molar-refractivity contribution in [3.05, 3.63) is 70.7 Å². The summed E-state index contributed by atoms with van der Waals surface area (Å²) in [4.78, 5) is 12.2. The van der Waals surface area contributed by atoms with E-state index >= 15 is 0 Å². The molecule has 0 radical (unpaired) electrons. The van der Waals surface area contributed by atoms with Gasteiger partial charge in [-0.2, -0.15) is 0 Å². The lowest BCUT2D eigenvalue weighted by Gasteiger charge is -2.14. The van der Waals surface area contributed by atoms with Gasteiger partial charge in [-0.05, 0) is 23.6 Å². The van der Waals surface area contributed by atoms with Crippen molar-refractivity contribution < 1.29 is 9.53 Å². The second kappa shape index (κ2) is 8.72. The average molecular weight is 317 g/mol. The van der Waals surface area contributed by atoms with E-state index in [1.165, 1.54) is 0 Å². The first-order valence-electron chi connectivity index (χ1n) is 7.59. The number of carbonyl (C=O) groups excluding carboxylic acids is 1. The molecule has 0 saturated carbocycles. The minimum Gasteiger partial charge on any atom is -0.376 e. The van der Waals surface area contributed by atoms with Gasteiger partial charge in [-0.15, -0.1) is 0 Å². The van der Waals surface area contributed by atoms with Crippen molar-refractivity contribution >= 4 is 17.4 Å². The topological polar surface area (TPSA) is 26.3 Å².